The van der Waals surface area contributed by atoms with E-state index in [1.165, 1.54) is 19.3 Å². The number of carbonyl (C=O) groups excluding carboxylic acids is 1. The highest BCUT2D eigenvalue weighted by molar-refractivity contribution is 5.82. The van der Waals surface area contributed by atoms with Crippen LogP contribution >= 0.6 is 0 Å². The molecule has 0 aromatic carbocycles. The van der Waals surface area contributed by atoms with E-state index < -0.39 is 0 Å². The van der Waals surface area contributed by atoms with E-state index in [1.807, 2.05) is 0 Å². The Balaban J connectivity index is 1.87. The van der Waals surface area contributed by atoms with Crippen molar-refractivity contribution in [1.82, 2.24) is 10.2 Å². The molecule has 1 amide bonds. The largest absolute Gasteiger partial charge is 0.341 e. The monoisotopic (exact) mass is 238 g/mol. The van der Waals surface area contributed by atoms with Crippen LogP contribution in [-0.2, 0) is 4.79 Å². The molecule has 17 heavy (non-hydrogen) atoms. The van der Waals surface area contributed by atoms with Crippen molar-refractivity contribution in [2.24, 2.45) is 5.41 Å². The zero-order valence-electron chi connectivity index (χ0n) is 11.3. The van der Waals surface area contributed by atoms with Crippen LogP contribution in [0.1, 0.15) is 52.4 Å². The van der Waals surface area contributed by atoms with Crippen LogP contribution in [0.25, 0.3) is 0 Å². The third-order valence-corrected chi connectivity index (χ3v) is 4.30. The Morgan fingerprint density at radius 1 is 1.41 bits per heavy atom. The molecule has 1 aliphatic carbocycles. The molecule has 2 aliphatic rings. The fraction of sp³-hybridized carbons (Fsp3) is 0.929. The van der Waals surface area contributed by atoms with Gasteiger partial charge in [0.05, 0.1) is 6.04 Å². The number of nitrogens with zero attached hydrogens (tertiary/aromatic N) is 1. The van der Waals surface area contributed by atoms with Crippen LogP contribution in [-0.4, -0.2) is 36.5 Å². The van der Waals surface area contributed by atoms with Gasteiger partial charge in [-0.05, 0) is 44.1 Å². The van der Waals surface area contributed by atoms with Crippen molar-refractivity contribution < 1.29 is 4.79 Å². The molecule has 3 nitrogen and oxygen atoms in total. The molecule has 1 saturated carbocycles. The quantitative estimate of drug-likeness (QED) is 0.796. The molecule has 0 aromatic rings. The summed E-state index contributed by atoms with van der Waals surface area (Å²) < 4.78 is 0. The van der Waals surface area contributed by atoms with E-state index in [1.54, 1.807) is 0 Å². The number of carbonyl (C=O) groups is 1. The Morgan fingerprint density at radius 2 is 2.18 bits per heavy atom. The van der Waals surface area contributed by atoms with Crippen molar-refractivity contribution in [2.45, 2.75) is 58.4 Å². The predicted octanol–water partition coefficient (Wildman–Crippen LogP) is 2.17. The first-order valence-electron chi connectivity index (χ1n) is 7.17. The number of piperidine rings is 1. The average Bonchev–Trinajstić information content (AvgIpc) is 2.28. The highest BCUT2D eigenvalue weighted by Crippen LogP contribution is 2.41. The van der Waals surface area contributed by atoms with Gasteiger partial charge in [0.25, 0.3) is 0 Å². The molecule has 1 atom stereocenters. The normalized spacial score (nSPS) is 28.0. The van der Waals surface area contributed by atoms with Crippen molar-refractivity contribution in [3.05, 3.63) is 0 Å². The predicted molar refractivity (Wildman–Crippen MR) is 69.9 cm³/mol. The van der Waals surface area contributed by atoms with Gasteiger partial charge in [0, 0.05) is 13.1 Å². The topological polar surface area (TPSA) is 32.3 Å². The molecule has 98 valence electrons. The van der Waals surface area contributed by atoms with Crippen molar-refractivity contribution in [1.29, 1.82) is 0 Å². The molecule has 1 saturated heterocycles. The van der Waals surface area contributed by atoms with E-state index in [0.717, 1.165) is 38.9 Å². The van der Waals surface area contributed by atoms with Gasteiger partial charge < -0.3 is 10.2 Å². The van der Waals surface area contributed by atoms with Crippen molar-refractivity contribution in [2.75, 3.05) is 19.6 Å². The summed E-state index contributed by atoms with van der Waals surface area (Å²) in [7, 11) is 0. The average molecular weight is 238 g/mol. The van der Waals surface area contributed by atoms with Gasteiger partial charge in [-0.1, -0.05) is 20.3 Å². The van der Waals surface area contributed by atoms with Gasteiger partial charge in [0.2, 0.25) is 5.91 Å². The van der Waals surface area contributed by atoms with Crippen LogP contribution in [0, 0.1) is 5.41 Å². The number of likely N-dealkylation sites (tertiary alicyclic amines) is 1. The number of amides is 1. The summed E-state index contributed by atoms with van der Waals surface area (Å²) in [5, 5.41) is 3.38. The molecule has 1 heterocycles. The molecule has 1 N–H and O–H groups in total. The molecule has 0 aromatic heterocycles. The van der Waals surface area contributed by atoms with E-state index in [9.17, 15) is 4.79 Å². The molecular weight excluding hydrogens is 212 g/mol. The maximum Gasteiger partial charge on any atom is 0.239 e. The Kier molecular flexibility index (Phi) is 4.08. The lowest BCUT2D eigenvalue weighted by Gasteiger charge is -2.44. The molecule has 2 fully saturated rings. The van der Waals surface area contributed by atoms with Crippen molar-refractivity contribution in [3.8, 4) is 0 Å². The smallest absolute Gasteiger partial charge is 0.239 e. The summed E-state index contributed by atoms with van der Waals surface area (Å²) in [6, 6.07) is 0.0902. The van der Waals surface area contributed by atoms with Crippen LogP contribution in [0.2, 0.25) is 0 Å². The summed E-state index contributed by atoms with van der Waals surface area (Å²) in [6.45, 7) is 7.39. The van der Waals surface area contributed by atoms with Crippen molar-refractivity contribution in [3.63, 3.8) is 0 Å². The van der Waals surface area contributed by atoms with Gasteiger partial charge in [0.1, 0.15) is 0 Å². The van der Waals surface area contributed by atoms with E-state index in [4.69, 9.17) is 0 Å². The molecule has 0 radical (unpaired) electrons. The molecule has 0 bridgehead atoms. The second-order valence-corrected chi connectivity index (χ2v) is 6.07. The minimum atomic E-state index is 0.0902. The van der Waals surface area contributed by atoms with Gasteiger partial charge in [-0.15, -0.1) is 0 Å². The fourth-order valence-corrected chi connectivity index (χ4v) is 3.00. The first kappa shape index (κ1) is 12.9. The molecule has 1 aliphatic heterocycles. The number of hydrogen-bond acceptors (Lipinski definition) is 2. The third-order valence-electron chi connectivity index (χ3n) is 4.30. The zero-order chi connectivity index (χ0) is 12.3. The first-order valence-corrected chi connectivity index (χ1v) is 7.17. The maximum absolute atomic E-state index is 12.3. The summed E-state index contributed by atoms with van der Waals surface area (Å²) in [4.78, 5) is 14.4. The lowest BCUT2D eigenvalue weighted by atomic mass is 9.70. The minimum Gasteiger partial charge on any atom is -0.341 e. The lowest BCUT2D eigenvalue weighted by molar-refractivity contribution is -0.138. The molecular formula is C14H26N2O. The third kappa shape index (κ3) is 3.01. The van der Waals surface area contributed by atoms with Gasteiger partial charge in [-0.3, -0.25) is 4.79 Å². The van der Waals surface area contributed by atoms with Crippen LogP contribution in [0.3, 0.4) is 0 Å². The zero-order valence-corrected chi connectivity index (χ0v) is 11.3. The lowest BCUT2D eigenvalue weighted by Crippen LogP contribution is -2.54. The van der Waals surface area contributed by atoms with Gasteiger partial charge >= 0.3 is 0 Å². The molecule has 2 rings (SSSR count). The van der Waals surface area contributed by atoms with E-state index in [0.29, 0.717) is 11.3 Å². The Hall–Kier alpha value is -0.570. The number of hydrogen-bond donors (Lipinski definition) is 1. The van der Waals surface area contributed by atoms with E-state index in [-0.39, 0.29) is 6.04 Å². The Bertz CT molecular complexity index is 273. The second kappa shape index (κ2) is 5.38. The second-order valence-electron chi connectivity index (χ2n) is 6.07. The van der Waals surface area contributed by atoms with Crippen LogP contribution < -0.4 is 5.32 Å². The van der Waals surface area contributed by atoms with E-state index >= 15 is 0 Å². The highest BCUT2D eigenvalue weighted by atomic mass is 16.2. The Morgan fingerprint density at radius 3 is 2.76 bits per heavy atom. The van der Waals surface area contributed by atoms with Gasteiger partial charge in [0.15, 0.2) is 0 Å². The molecule has 1 unspecified atom stereocenters. The fourth-order valence-electron chi connectivity index (χ4n) is 3.00. The van der Waals surface area contributed by atoms with Crippen LogP contribution in [0.5, 0.6) is 0 Å². The van der Waals surface area contributed by atoms with Crippen LogP contribution in [0.4, 0.5) is 0 Å². The van der Waals surface area contributed by atoms with Gasteiger partial charge in [-0.2, -0.15) is 0 Å². The molecule has 3 heteroatoms. The number of rotatable bonds is 5. The highest BCUT2D eigenvalue weighted by Gasteiger charge is 2.37. The first-order chi connectivity index (χ1) is 8.14. The summed E-state index contributed by atoms with van der Waals surface area (Å²) >= 11 is 0. The standard InChI is InChI=1S/C14H26N2O/c1-3-9-15-12-6-4-10-16(13(12)17)11-14(2)7-5-8-14/h12,15H,3-11H2,1-2H3. The summed E-state index contributed by atoms with van der Waals surface area (Å²) in [5.41, 5.74) is 0.419. The summed E-state index contributed by atoms with van der Waals surface area (Å²) in [5.74, 6) is 0.345. The minimum absolute atomic E-state index is 0.0902. The van der Waals surface area contributed by atoms with Crippen molar-refractivity contribution >= 4 is 5.91 Å². The maximum atomic E-state index is 12.3. The summed E-state index contributed by atoms with van der Waals surface area (Å²) in [6.07, 6.45) is 7.21. The SMILES string of the molecule is CCCNC1CCCN(CC2(C)CCC2)C1=O. The number of nitrogens with one attached hydrogen (secondary N) is 1. The van der Waals surface area contributed by atoms with Gasteiger partial charge in [-0.25, -0.2) is 0 Å². The van der Waals surface area contributed by atoms with E-state index in [2.05, 4.69) is 24.1 Å². The van der Waals surface area contributed by atoms with Crippen LogP contribution in [0.15, 0.2) is 0 Å². The molecule has 0 spiro atoms. The Labute approximate surface area is 105 Å².